The van der Waals surface area contributed by atoms with Crippen molar-refractivity contribution in [3.05, 3.63) is 60.1 Å². The lowest BCUT2D eigenvalue weighted by atomic mass is 10.1. The molecule has 2 amide bonds. The quantitative estimate of drug-likeness (QED) is 0.868. The van der Waals surface area contributed by atoms with Crippen molar-refractivity contribution in [2.45, 2.75) is 12.5 Å². The number of carbonyl (C=O) groups excluding carboxylic acids is 2. The third kappa shape index (κ3) is 4.26. The molecule has 7 heteroatoms. The first-order valence-corrected chi connectivity index (χ1v) is 8.57. The highest BCUT2D eigenvalue weighted by molar-refractivity contribution is 8.14. The van der Waals surface area contributed by atoms with Gasteiger partial charge in [0.2, 0.25) is 5.91 Å². The number of thioether (sulfide) groups is 1. The maximum atomic E-state index is 12.6. The average molecular weight is 343 g/mol. The van der Waals surface area contributed by atoms with E-state index in [1.165, 1.54) is 18.0 Å². The van der Waals surface area contributed by atoms with Crippen molar-refractivity contribution < 1.29 is 14.0 Å². The fourth-order valence-electron chi connectivity index (χ4n) is 2.30. The van der Waals surface area contributed by atoms with Gasteiger partial charge in [0, 0.05) is 12.2 Å². The summed E-state index contributed by atoms with van der Waals surface area (Å²) in [5.74, 6) is 0.329. The second-order valence-corrected chi connectivity index (χ2v) is 6.30. The minimum Gasteiger partial charge on any atom is -0.459 e. The number of nitrogens with zero attached hydrogens (tertiary/aromatic N) is 1. The number of aliphatic imine (C=N–C) groups is 1. The molecule has 124 valence electrons. The van der Waals surface area contributed by atoms with Crippen molar-refractivity contribution in [3.8, 4) is 0 Å². The van der Waals surface area contributed by atoms with Crippen LogP contribution < -0.4 is 10.6 Å². The Kier molecular flexibility index (Phi) is 5.32. The summed E-state index contributed by atoms with van der Waals surface area (Å²) < 4.78 is 5.09. The lowest BCUT2D eigenvalue weighted by Crippen LogP contribution is -2.49. The zero-order chi connectivity index (χ0) is 16.8. The number of carbonyl (C=O) groups is 2. The van der Waals surface area contributed by atoms with Gasteiger partial charge in [0.15, 0.2) is 10.9 Å². The zero-order valence-corrected chi connectivity index (χ0v) is 13.7. The van der Waals surface area contributed by atoms with Crippen molar-refractivity contribution in [1.29, 1.82) is 0 Å². The SMILES string of the molecule is O=C(NC(Cc1ccccc1)C(=O)NC1=NCCS1)c1ccco1. The highest BCUT2D eigenvalue weighted by Crippen LogP contribution is 2.10. The molecule has 1 atom stereocenters. The van der Waals surface area contributed by atoms with Crippen LogP contribution >= 0.6 is 11.8 Å². The highest BCUT2D eigenvalue weighted by atomic mass is 32.2. The van der Waals surface area contributed by atoms with Crippen LogP contribution in [0.25, 0.3) is 0 Å². The Morgan fingerprint density at radius 1 is 1.21 bits per heavy atom. The van der Waals surface area contributed by atoms with Gasteiger partial charge in [-0.1, -0.05) is 42.1 Å². The second kappa shape index (κ2) is 7.83. The monoisotopic (exact) mass is 343 g/mol. The number of amidine groups is 1. The van der Waals surface area contributed by atoms with Gasteiger partial charge in [-0.2, -0.15) is 0 Å². The topological polar surface area (TPSA) is 83.7 Å². The molecule has 1 unspecified atom stereocenters. The Hall–Kier alpha value is -2.54. The first-order chi connectivity index (χ1) is 11.7. The van der Waals surface area contributed by atoms with Gasteiger partial charge in [-0.05, 0) is 17.7 Å². The summed E-state index contributed by atoms with van der Waals surface area (Å²) in [6.45, 7) is 0.697. The summed E-state index contributed by atoms with van der Waals surface area (Å²) in [7, 11) is 0. The number of nitrogens with one attached hydrogen (secondary N) is 2. The van der Waals surface area contributed by atoms with Gasteiger partial charge in [0.1, 0.15) is 6.04 Å². The second-order valence-electron chi connectivity index (χ2n) is 5.22. The molecule has 2 N–H and O–H groups in total. The Bertz CT molecular complexity index is 729. The van der Waals surface area contributed by atoms with Crippen LogP contribution in [0.5, 0.6) is 0 Å². The molecule has 1 aliphatic heterocycles. The van der Waals surface area contributed by atoms with Gasteiger partial charge in [-0.3, -0.25) is 14.6 Å². The molecule has 1 aliphatic rings. The Morgan fingerprint density at radius 3 is 2.71 bits per heavy atom. The standard InChI is InChI=1S/C17H17N3O3S/c21-15(20-17-18-8-10-24-17)13(11-12-5-2-1-3-6-12)19-16(22)14-7-4-9-23-14/h1-7,9,13H,8,10-11H2,(H,19,22)(H,18,20,21). The smallest absolute Gasteiger partial charge is 0.287 e. The molecule has 0 bridgehead atoms. The Labute approximate surface area is 143 Å². The highest BCUT2D eigenvalue weighted by Gasteiger charge is 2.24. The van der Waals surface area contributed by atoms with Crippen molar-refractivity contribution >= 4 is 28.7 Å². The number of furan rings is 1. The molecule has 0 saturated heterocycles. The van der Waals surface area contributed by atoms with Crippen molar-refractivity contribution in [3.63, 3.8) is 0 Å². The normalized spacial score (nSPS) is 14.8. The third-order valence-corrected chi connectivity index (χ3v) is 4.36. The van der Waals surface area contributed by atoms with Gasteiger partial charge in [-0.25, -0.2) is 0 Å². The summed E-state index contributed by atoms with van der Waals surface area (Å²) in [6, 6.07) is 12.0. The molecule has 24 heavy (non-hydrogen) atoms. The van der Waals surface area contributed by atoms with Crippen LogP contribution in [0.3, 0.4) is 0 Å². The number of hydrogen-bond acceptors (Lipinski definition) is 5. The molecule has 0 fully saturated rings. The summed E-state index contributed by atoms with van der Waals surface area (Å²) in [5.41, 5.74) is 0.957. The van der Waals surface area contributed by atoms with E-state index < -0.39 is 11.9 Å². The Morgan fingerprint density at radius 2 is 2.04 bits per heavy atom. The van der Waals surface area contributed by atoms with E-state index >= 15 is 0 Å². The molecule has 3 rings (SSSR count). The van der Waals surface area contributed by atoms with E-state index in [2.05, 4.69) is 15.6 Å². The zero-order valence-electron chi connectivity index (χ0n) is 12.9. The molecule has 6 nitrogen and oxygen atoms in total. The maximum absolute atomic E-state index is 12.6. The first kappa shape index (κ1) is 16.3. The summed E-state index contributed by atoms with van der Waals surface area (Å²) in [5, 5.41) is 6.11. The van der Waals surface area contributed by atoms with E-state index in [-0.39, 0.29) is 11.7 Å². The van der Waals surface area contributed by atoms with Gasteiger partial charge >= 0.3 is 0 Å². The van der Waals surface area contributed by atoms with Crippen LogP contribution in [-0.4, -0.2) is 35.3 Å². The molecular weight excluding hydrogens is 326 g/mol. The number of rotatable bonds is 5. The van der Waals surface area contributed by atoms with E-state index in [0.29, 0.717) is 18.1 Å². The van der Waals surface area contributed by atoms with E-state index in [9.17, 15) is 9.59 Å². The molecule has 0 saturated carbocycles. The van der Waals surface area contributed by atoms with E-state index in [1.807, 2.05) is 30.3 Å². The van der Waals surface area contributed by atoms with Crippen LogP contribution in [0.2, 0.25) is 0 Å². The van der Waals surface area contributed by atoms with Crippen molar-refractivity contribution in [1.82, 2.24) is 10.6 Å². The third-order valence-electron chi connectivity index (χ3n) is 3.47. The Balaban J connectivity index is 1.72. The molecule has 0 radical (unpaired) electrons. The summed E-state index contributed by atoms with van der Waals surface area (Å²) in [4.78, 5) is 29.0. The number of benzene rings is 1. The van der Waals surface area contributed by atoms with E-state index in [4.69, 9.17) is 4.42 Å². The predicted octanol–water partition coefficient (Wildman–Crippen LogP) is 1.84. The molecule has 0 aliphatic carbocycles. The minimum atomic E-state index is -0.714. The number of amides is 2. The molecule has 2 heterocycles. The van der Waals surface area contributed by atoms with Crippen molar-refractivity contribution in [2.24, 2.45) is 4.99 Å². The molecule has 1 aromatic heterocycles. The van der Waals surface area contributed by atoms with Crippen LogP contribution in [0.15, 0.2) is 58.1 Å². The largest absolute Gasteiger partial charge is 0.459 e. The van der Waals surface area contributed by atoms with Crippen LogP contribution in [0, 0.1) is 0 Å². The minimum absolute atomic E-state index is 0.174. The average Bonchev–Trinajstić information content (AvgIpc) is 3.29. The number of hydrogen-bond donors (Lipinski definition) is 2. The van der Waals surface area contributed by atoms with Gasteiger partial charge < -0.3 is 15.1 Å². The molecular formula is C17H17N3O3S. The van der Waals surface area contributed by atoms with Crippen LogP contribution in [0.1, 0.15) is 16.1 Å². The lowest BCUT2D eigenvalue weighted by molar-refractivity contribution is -0.121. The van der Waals surface area contributed by atoms with Gasteiger partial charge in [0.05, 0.1) is 12.8 Å². The van der Waals surface area contributed by atoms with Gasteiger partial charge in [0.25, 0.3) is 5.91 Å². The lowest BCUT2D eigenvalue weighted by Gasteiger charge is -2.18. The van der Waals surface area contributed by atoms with Gasteiger partial charge in [-0.15, -0.1) is 0 Å². The van der Waals surface area contributed by atoms with Crippen LogP contribution in [0.4, 0.5) is 0 Å². The maximum Gasteiger partial charge on any atom is 0.287 e. The fourth-order valence-corrected chi connectivity index (χ4v) is 3.03. The fraction of sp³-hybridized carbons (Fsp3) is 0.235. The molecule has 0 spiro atoms. The first-order valence-electron chi connectivity index (χ1n) is 7.59. The molecule has 1 aromatic carbocycles. The summed E-state index contributed by atoms with van der Waals surface area (Å²) >= 11 is 1.50. The molecule has 2 aromatic rings. The van der Waals surface area contributed by atoms with Crippen molar-refractivity contribution in [2.75, 3.05) is 12.3 Å². The van der Waals surface area contributed by atoms with Crippen LogP contribution in [-0.2, 0) is 11.2 Å². The van der Waals surface area contributed by atoms with E-state index in [1.54, 1.807) is 12.1 Å². The summed E-state index contributed by atoms with van der Waals surface area (Å²) in [6.07, 6.45) is 1.81. The van der Waals surface area contributed by atoms with E-state index in [0.717, 1.165) is 11.3 Å². The predicted molar refractivity (Wildman–Crippen MR) is 93.0 cm³/mol.